The van der Waals surface area contributed by atoms with E-state index in [2.05, 4.69) is 139 Å². The molecule has 0 spiro atoms. The number of hydrogen-bond acceptors (Lipinski definition) is 0. The molecule has 0 fully saturated rings. The maximum absolute atomic E-state index is 2.38. The summed E-state index contributed by atoms with van der Waals surface area (Å²) in [6.45, 7) is 0. The molecule has 7 aromatic rings. The summed E-state index contributed by atoms with van der Waals surface area (Å²) in [6.07, 6.45) is 4.51. The predicted octanol–water partition coefficient (Wildman–Crippen LogP) is 8.46. The van der Waals surface area contributed by atoms with Crippen LogP contribution in [0, 0.1) is 0 Å². The minimum Gasteiger partial charge on any atom is -0.207 e. The zero-order valence-corrected chi connectivity index (χ0v) is 19.6. The van der Waals surface area contributed by atoms with Crippen LogP contribution in [-0.4, -0.2) is 0 Å². The van der Waals surface area contributed by atoms with E-state index in [1.165, 1.54) is 65.3 Å². The Bertz CT molecular complexity index is 1670. The fraction of sp³-hybridized carbons (Fsp3) is 0.0294. The monoisotopic (exact) mass is 446 g/mol. The van der Waals surface area contributed by atoms with E-state index >= 15 is 0 Å². The zero-order chi connectivity index (χ0) is 23.4. The van der Waals surface area contributed by atoms with E-state index in [4.69, 9.17) is 0 Å². The molecule has 1 aromatic heterocycles. The Kier molecular flexibility index (Phi) is 4.43. The van der Waals surface area contributed by atoms with Crippen LogP contribution in [0.2, 0.25) is 0 Å². The van der Waals surface area contributed by atoms with Gasteiger partial charge in [-0.2, -0.15) is 0 Å². The summed E-state index contributed by atoms with van der Waals surface area (Å²) in [5, 5.41) is 10.2. The Morgan fingerprint density at radius 1 is 0.400 bits per heavy atom. The van der Waals surface area contributed by atoms with E-state index in [1.54, 1.807) is 0 Å². The fourth-order valence-corrected chi connectivity index (χ4v) is 5.64. The molecule has 0 saturated heterocycles. The van der Waals surface area contributed by atoms with Crippen molar-refractivity contribution in [2.24, 2.45) is 7.05 Å². The number of fused-ring (bicyclic) bond motifs is 4. The van der Waals surface area contributed by atoms with Crippen LogP contribution in [0.3, 0.4) is 0 Å². The van der Waals surface area contributed by atoms with Gasteiger partial charge in [-0.1, -0.05) is 97.1 Å². The summed E-state index contributed by atoms with van der Waals surface area (Å²) in [5.74, 6) is 0. The van der Waals surface area contributed by atoms with Crippen molar-refractivity contribution in [1.82, 2.24) is 0 Å². The Labute approximate surface area is 204 Å². The summed E-state index contributed by atoms with van der Waals surface area (Å²) in [5.41, 5.74) is 5.05. The normalized spacial score (nSPS) is 11.6. The number of nitrogens with zero attached hydrogens (tertiary/aromatic N) is 1. The molecule has 35 heavy (non-hydrogen) atoms. The summed E-state index contributed by atoms with van der Waals surface area (Å²) in [7, 11) is 2.13. The molecule has 0 N–H and O–H groups in total. The van der Waals surface area contributed by atoms with Crippen molar-refractivity contribution >= 4 is 43.1 Å². The molecule has 0 aliphatic heterocycles. The molecule has 1 nitrogen and oxygen atoms in total. The molecule has 0 unspecified atom stereocenters. The van der Waals surface area contributed by atoms with E-state index in [0.717, 1.165) is 0 Å². The van der Waals surface area contributed by atoms with Gasteiger partial charge in [0.05, 0.1) is 0 Å². The molecule has 0 atom stereocenters. The Balaban J connectivity index is 1.60. The first-order chi connectivity index (χ1) is 17.3. The number of aromatic nitrogens is 1. The Morgan fingerprint density at radius 2 is 0.714 bits per heavy atom. The molecule has 6 aromatic carbocycles. The van der Waals surface area contributed by atoms with E-state index < -0.39 is 0 Å². The van der Waals surface area contributed by atoms with Gasteiger partial charge in [-0.15, -0.1) is 0 Å². The lowest BCUT2D eigenvalue weighted by atomic mass is 9.89. The number of benzene rings is 6. The van der Waals surface area contributed by atoms with Crippen LogP contribution < -0.4 is 4.57 Å². The second kappa shape index (κ2) is 7.78. The quantitative estimate of drug-likeness (QED) is 0.185. The van der Waals surface area contributed by atoms with Gasteiger partial charge in [0.2, 0.25) is 0 Å². The number of pyridine rings is 1. The van der Waals surface area contributed by atoms with Crippen LogP contribution in [0.25, 0.3) is 65.3 Å². The van der Waals surface area contributed by atoms with Crippen molar-refractivity contribution in [1.29, 1.82) is 0 Å². The van der Waals surface area contributed by atoms with Gasteiger partial charge in [-0.25, -0.2) is 4.57 Å². The average molecular weight is 447 g/mol. The zero-order valence-electron chi connectivity index (χ0n) is 19.6. The van der Waals surface area contributed by atoms with Gasteiger partial charge in [0.1, 0.15) is 7.05 Å². The first kappa shape index (κ1) is 19.9. The minimum atomic E-state index is 1.23. The maximum atomic E-state index is 2.38. The van der Waals surface area contributed by atoms with Gasteiger partial charge in [-0.05, 0) is 61.3 Å². The maximum Gasteiger partial charge on any atom is 0.176 e. The topological polar surface area (TPSA) is 3.88 Å². The van der Waals surface area contributed by atoms with E-state index in [1.807, 2.05) is 0 Å². The summed E-state index contributed by atoms with van der Waals surface area (Å²) in [4.78, 5) is 0. The molecule has 0 saturated carbocycles. The third-order valence-corrected chi connectivity index (χ3v) is 7.12. The van der Waals surface area contributed by atoms with E-state index in [-0.39, 0.29) is 0 Å². The molecule has 7 rings (SSSR count). The highest BCUT2D eigenvalue weighted by molar-refractivity contribution is 6.15. The van der Waals surface area contributed by atoms with Gasteiger partial charge < -0.3 is 0 Å². The van der Waals surface area contributed by atoms with Crippen molar-refractivity contribution in [2.75, 3.05) is 0 Å². The van der Waals surface area contributed by atoms with Crippen molar-refractivity contribution in [3.05, 3.63) is 128 Å². The lowest BCUT2D eigenvalue weighted by Gasteiger charge is -2.14. The smallest absolute Gasteiger partial charge is 0.176 e. The highest BCUT2D eigenvalue weighted by Gasteiger charge is 2.17. The standard InChI is InChI=1S/C34H24N/c1-35-21-27(33-29-14-6-2-10-23(29)18-24-11-3-7-15-30(24)33)20-28(22-35)34-31-16-8-4-12-25(31)19-26-13-5-9-17-32(26)34/h2-22H,1H3/q+1. The van der Waals surface area contributed by atoms with Crippen molar-refractivity contribution in [3.8, 4) is 22.3 Å². The third kappa shape index (κ3) is 3.20. The van der Waals surface area contributed by atoms with Gasteiger partial charge in [0.25, 0.3) is 0 Å². The third-order valence-electron chi connectivity index (χ3n) is 7.12. The van der Waals surface area contributed by atoms with Gasteiger partial charge >= 0.3 is 0 Å². The molecule has 1 heteroatoms. The summed E-state index contributed by atoms with van der Waals surface area (Å²) < 4.78 is 2.21. The highest BCUT2D eigenvalue weighted by Crippen LogP contribution is 2.40. The van der Waals surface area contributed by atoms with Gasteiger partial charge in [0.15, 0.2) is 12.4 Å². The lowest BCUT2D eigenvalue weighted by Crippen LogP contribution is -2.27. The van der Waals surface area contributed by atoms with E-state index in [9.17, 15) is 0 Å². The highest BCUT2D eigenvalue weighted by atomic mass is 14.9. The van der Waals surface area contributed by atoms with Crippen LogP contribution in [0.1, 0.15) is 0 Å². The van der Waals surface area contributed by atoms with Crippen molar-refractivity contribution in [3.63, 3.8) is 0 Å². The van der Waals surface area contributed by atoms with Crippen molar-refractivity contribution in [2.45, 2.75) is 0 Å². The second-order valence-corrected chi connectivity index (χ2v) is 9.37. The SMILES string of the molecule is C[n+]1cc(-c2c3ccccc3cc3ccccc23)cc(-c2c3ccccc3cc3ccccc23)c1. The molecule has 1 heterocycles. The van der Waals surface area contributed by atoms with Gasteiger partial charge in [-0.3, -0.25) is 0 Å². The molecule has 0 radical (unpaired) electrons. The van der Waals surface area contributed by atoms with Crippen molar-refractivity contribution < 1.29 is 4.57 Å². The molecular weight excluding hydrogens is 422 g/mol. The largest absolute Gasteiger partial charge is 0.207 e. The number of hydrogen-bond donors (Lipinski definition) is 0. The first-order valence-corrected chi connectivity index (χ1v) is 12.1. The number of rotatable bonds is 2. The molecule has 0 amide bonds. The van der Waals surface area contributed by atoms with E-state index in [0.29, 0.717) is 0 Å². The lowest BCUT2D eigenvalue weighted by molar-refractivity contribution is -0.670. The van der Waals surface area contributed by atoms with Crippen LogP contribution in [0.15, 0.2) is 128 Å². The predicted molar refractivity (Wildman–Crippen MR) is 149 cm³/mol. The average Bonchev–Trinajstić information content (AvgIpc) is 2.90. The van der Waals surface area contributed by atoms with Crippen LogP contribution in [0.5, 0.6) is 0 Å². The van der Waals surface area contributed by atoms with Crippen LogP contribution in [0.4, 0.5) is 0 Å². The summed E-state index contributed by atoms with van der Waals surface area (Å²) >= 11 is 0. The molecular formula is C34H24N+. The number of aryl methyl sites for hydroxylation is 1. The van der Waals surface area contributed by atoms with Crippen LogP contribution >= 0.6 is 0 Å². The Morgan fingerprint density at radius 3 is 1.06 bits per heavy atom. The molecule has 0 aliphatic carbocycles. The summed E-state index contributed by atoms with van der Waals surface area (Å²) in [6, 6.07) is 41.9. The minimum absolute atomic E-state index is 1.23. The fourth-order valence-electron chi connectivity index (χ4n) is 5.64. The molecule has 0 aliphatic rings. The molecule has 0 bridgehead atoms. The first-order valence-electron chi connectivity index (χ1n) is 12.1. The van der Waals surface area contributed by atoms with Gasteiger partial charge in [0, 0.05) is 22.3 Å². The van der Waals surface area contributed by atoms with Crippen LogP contribution in [-0.2, 0) is 7.05 Å². The molecule has 164 valence electrons. The second-order valence-electron chi connectivity index (χ2n) is 9.37. The Hall–Kier alpha value is -4.49.